The Hall–Kier alpha value is -1.72. The molecule has 4 nitrogen and oxygen atoms in total. The molecule has 0 bridgehead atoms. The standard InChI is InChI=1S/C9H9F2NO3/c1-14-7-3-5(9(10)11)8(15-2)6(4-13)12-7/h3-4,9H,1-2H3. The number of carbonyl (C=O) groups excluding carboxylic acids is 1. The van der Waals surface area contributed by atoms with Gasteiger partial charge in [-0.25, -0.2) is 13.8 Å². The van der Waals surface area contributed by atoms with Crippen LogP contribution in [0.2, 0.25) is 0 Å². The number of halogens is 2. The van der Waals surface area contributed by atoms with E-state index in [4.69, 9.17) is 4.74 Å². The molecule has 1 aromatic rings. The van der Waals surface area contributed by atoms with Crippen molar-refractivity contribution in [3.05, 3.63) is 17.3 Å². The van der Waals surface area contributed by atoms with E-state index < -0.39 is 12.0 Å². The molecule has 1 aromatic heterocycles. The highest BCUT2D eigenvalue weighted by Crippen LogP contribution is 2.32. The fraction of sp³-hybridized carbons (Fsp3) is 0.333. The SMILES string of the molecule is COc1cc(C(F)F)c(OC)c(C=O)n1. The number of carbonyl (C=O) groups is 1. The summed E-state index contributed by atoms with van der Waals surface area (Å²) >= 11 is 0. The van der Waals surface area contributed by atoms with Crippen molar-refractivity contribution in [1.82, 2.24) is 4.98 Å². The predicted octanol–water partition coefficient (Wildman–Crippen LogP) is 1.85. The van der Waals surface area contributed by atoms with Gasteiger partial charge in [-0.2, -0.15) is 0 Å². The van der Waals surface area contributed by atoms with Crippen LogP contribution in [-0.2, 0) is 0 Å². The van der Waals surface area contributed by atoms with E-state index in [-0.39, 0.29) is 17.3 Å². The van der Waals surface area contributed by atoms with Crippen LogP contribution >= 0.6 is 0 Å². The van der Waals surface area contributed by atoms with Gasteiger partial charge >= 0.3 is 0 Å². The smallest absolute Gasteiger partial charge is 0.267 e. The lowest BCUT2D eigenvalue weighted by molar-refractivity contribution is 0.111. The first-order chi connectivity index (χ1) is 7.13. The van der Waals surface area contributed by atoms with Crippen LogP contribution in [0, 0.1) is 0 Å². The molecule has 0 aromatic carbocycles. The molecular formula is C9H9F2NO3. The number of alkyl halides is 2. The molecule has 0 unspecified atom stereocenters. The molecule has 0 spiro atoms. The van der Waals surface area contributed by atoms with Gasteiger partial charge < -0.3 is 9.47 Å². The molecule has 0 atom stereocenters. The fourth-order valence-electron chi connectivity index (χ4n) is 1.12. The maximum Gasteiger partial charge on any atom is 0.267 e. The highest BCUT2D eigenvalue weighted by Gasteiger charge is 2.20. The van der Waals surface area contributed by atoms with Crippen molar-refractivity contribution in [1.29, 1.82) is 0 Å². The summed E-state index contributed by atoms with van der Waals surface area (Å²) in [6.07, 6.45) is -2.41. The van der Waals surface area contributed by atoms with E-state index in [1.807, 2.05) is 0 Å². The Morgan fingerprint density at radius 2 is 2.07 bits per heavy atom. The van der Waals surface area contributed by atoms with E-state index in [2.05, 4.69) is 9.72 Å². The quantitative estimate of drug-likeness (QED) is 0.722. The summed E-state index contributed by atoms with van der Waals surface area (Å²) in [6, 6.07) is 1.04. The van der Waals surface area contributed by atoms with Crippen molar-refractivity contribution in [3.63, 3.8) is 0 Å². The molecule has 0 aliphatic rings. The van der Waals surface area contributed by atoms with Gasteiger partial charge in [-0.3, -0.25) is 4.79 Å². The average molecular weight is 217 g/mol. The van der Waals surface area contributed by atoms with E-state index in [0.29, 0.717) is 6.29 Å². The molecule has 0 fully saturated rings. The summed E-state index contributed by atoms with van der Waals surface area (Å²) in [4.78, 5) is 14.3. The lowest BCUT2D eigenvalue weighted by atomic mass is 10.2. The summed E-state index contributed by atoms with van der Waals surface area (Å²) in [5, 5.41) is 0. The third-order valence-corrected chi connectivity index (χ3v) is 1.76. The Labute approximate surface area is 84.8 Å². The maximum atomic E-state index is 12.6. The monoisotopic (exact) mass is 217 g/mol. The van der Waals surface area contributed by atoms with Gasteiger partial charge in [0.05, 0.1) is 19.8 Å². The van der Waals surface area contributed by atoms with Gasteiger partial charge in [0.1, 0.15) is 5.69 Å². The van der Waals surface area contributed by atoms with Crippen LogP contribution in [0.1, 0.15) is 22.5 Å². The van der Waals surface area contributed by atoms with Crippen LogP contribution in [0.4, 0.5) is 8.78 Å². The Morgan fingerprint density at radius 3 is 2.47 bits per heavy atom. The Balaban J connectivity index is 3.38. The molecule has 0 amide bonds. The number of ether oxygens (including phenoxy) is 2. The topological polar surface area (TPSA) is 48.4 Å². The van der Waals surface area contributed by atoms with E-state index in [1.165, 1.54) is 14.2 Å². The molecule has 0 saturated heterocycles. The van der Waals surface area contributed by atoms with Crippen molar-refractivity contribution in [2.45, 2.75) is 6.43 Å². The number of aldehydes is 1. The van der Waals surface area contributed by atoms with E-state index in [9.17, 15) is 13.6 Å². The number of rotatable bonds is 4. The Bertz CT molecular complexity index is 369. The number of aromatic nitrogens is 1. The second-order valence-electron chi connectivity index (χ2n) is 2.59. The van der Waals surface area contributed by atoms with Gasteiger partial charge in [-0.05, 0) is 0 Å². The predicted molar refractivity (Wildman–Crippen MR) is 47.7 cm³/mol. The lowest BCUT2D eigenvalue weighted by Crippen LogP contribution is -2.02. The van der Waals surface area contributed by atoms with Crippen LogP contribution in [0.25, 0.3) is 0 Å². The number of methoxy groups -OCH3 is 2. The Morgan fingerprint density at radius 1 is 1.40 bits per heavy atom. The molecule has 6 heteroatoms. The zero-order valence-electron chi connectivity index (χ0n) is 8.16. The zero-order valence-corrected chi connectivity index (χ0v) is 8.16. The molecule has 0 N–H and O–H groups in total. The minimum atomic E-state index is -2.75. The summed E-state index contributed by atoms with van der Waals surface area (Å²) in [5.41, 5.74) is -0.612. The van der Waals surface area contributed by atoms with Gasteiger partial charge in [0.2, 0.25) is 5.88 Å². The average Bonchev–Trinajstić information content (AvgIpc) is 2.26. The first-order valence-electron chi connectivity index (χ1n) is 4.00. The highest BCUT2D eigenvalue weighted by molar-refractivity contribution is 5.77. The first kappa shape index (κ1) is 11.4. The fourth-order valence-corrected chi connectivity index (χ4v) is 1.12. The van der Waals surface area contributed by atoms with Crippen molar-refractivity contribution in [2.75, 3.05) is 14.2 Å². The second kappa shape index (κ2) is 4.68. The van der Waals surface area contributed by atoms with Crippen LogP contribution in [-0.4, -0.2) is 25.5 Å². The van der Waals surface area contributed by atoms with E-state index in [1.54, 1.807) is 0 Å². The largest absolute Gasteiger partial charge is 0.494 e. The molecule has 0 aliphatic heterocycles. The lowest BCUT2D eigenvalue weighted by Gasteiger charge is -2.10. The Kier molecular flexibility index (Phi) is 3.54. The maximum absolute atomic E-state index is 12.6. The third-order valence-electron chi connectivity index (χ3n) is 1.76. The summed E-state index contributed by atoms with van der Waals surface area (Å²) in [7, 11) is 2.47. The zero-order chi connectivity index (χ0) is 11.4. The normalized spacial score (nSPS) is 10.2. The van der Waals surface area contributed by atoms with Crippen molar-refractivity contribution in [2.24, 2.45) is 0 Å². The molecule has 82 valence electrons. The molecule has 1 heterocycles. The molecule has 0 radical (unpaired) electrons. The number of pyridine rings is 1. The summed E-state index contributed by atoms with van der Waals surface area (Å²) < 4.78 is 34.5. The van der Waals surface area contributed by atoms with E-state index >= 15 is 0 Å². The van der Waals surface area contributed by atoms with Crippen LogP contribution < -0.4 is 9.47 Å². The van der Waals surface area contributed by atoms with Gasteiger partial charge in [0.25, 0.3) is 6.43 Å². The van der Waals surface area contributed by atoms with E-state index in [0.717, 1.165) is 6.07 Å². The van der Waals surface area contributed by atoms with Crippen LogP contribution in [0.3, 0.4) is 0 Å². The van der Waals surface area contributed by atoms with Crippen molar-refractivity contribution in [3.8, 4) is 11.6 Å². The number of hydrogen-bond acceptors (Lipinski definition) is 4. The second-order valence-corrected chi connectivity index (χ2v) is 2.59. The van der Waals surface area contributed by atoms with Gasteiger partial charge in [0.15, 0.2) is 12.0 Å². The molecule has 0 aliphatic carbocycles. The molecular weight excluding hydrogens is 208 g/mol. The van der Waals surface area contributed by atoms with Gasteiger partial charge in [-0.1, -0.05) is 0 Å². The van der Waals surface area contributed by atoms with Gasteiger partial charge in [0, 0.05) is 6.07 Å². The molecule has 15 heavy (non-hydrogen) atoms. The molecule has 0 saturated carbocycles. The number of nitrogens with zero attached hydrogens (tertiary/aromatic N) is 1. The van der Waals surface area contributed by atoms with Gasteiger partial charge in [-0.15, -0.1) is 0 Å². The van der Waals surface area contributed by atoms with Crippen LogP contribution in [0.15, 0.2) is 6.07 Å². The minimum Gasteiger partial charge on any atom is -0.494 e. The van der Waals surface area contributed by atoms with Crippen molar-refractivity contribution < 1.29 is 23.0 Å². The van der Waals surface area contributed by atoms with Crippen LogP contribution in [0.5, 0.6) is 11.6 Å². The third kappa shape index (κ3) is 2.20. The summed E-state index contributed by atoms with van der Waals surface area (Å²) in [6.45, 7) is 0. The van der Waals surface area contributed by atoms with Crippen molar-refractivity contribution >= 4 is 6.29 Å². The minimum absolute atomic E-state index is 0.0480. The first-order valence-corrected chi connectivity index (χ1v) is 4.00. The molecule has 1 rings (SSSR count). The highest BCUT2D eigenvalue weighted by atomic mass is 19.3. The number of hydrogen-bond donors (Lipinski definition) is 0. The summed E-state index contributed by atoms with van der Waals surface area (Å²) in [5.74, 6) is -0.269.